The molecule has 1 aliphatic rings. The summed E-state index contributed by atoms with van der Waals surface area (Å²) in [4.78, 5) is 0. The molecule has 5 heteroatoms. The first-order chi connectivity index (χ1) is 35.1. The van der Waals surface area contributed by atoms with E-state index < -0.39 is 0 Å². The zero-order valence-corrected chi connectivity index (χ0v) is 38.4. The van der Waals surface area contributed by atoms with Crippen molar-refractivity contribution in [1.29, 1.82) is 0 Å². The molecule has 0 aliphatic carbocycles. The molecule has 332 valence electrons. The minimum Gasteiger partial charge on any atom is -0.464 e. The summed E-state index contributed by atoms with van der Waals surface area (Å²) in [6.45, 7) is 4.71. The van der Waals surface area contributed by atoms with Crippen molar-refractivity contribution in [3.05, 3.63) is 255 Å². The van der Waals surface area contributed by atoms with E-state index in [-0.39, 0.29) is 0 Å². The van der Waals surface area contributed by atoms with E-state index in [1.54, 1.807) is 0 Å². The molecular weight excluding hydrogens is 867 g/mol. The fraction of sp³-hybridized carbons (Fsp3) is 0. The quantitative estimate of drug-likeness (QED) is 0.173. The largest absolute Gasteiger partial charge is 0.464 e. The summed E-state index contributed by atoms with van der Waals surface area (Å²) < 4.78 is 20.1. The SMILES string of the molecule is C=C1/C=C(c2ccc3c(c2)c2ccccc2n3-c2ccccc2)\C=C/Oc2cc3c(cc21)c1cc(-c2ccc4c(c2)c2cc5c(cc2n4-c2ccccc2)oc2ccccc25)ccc1n3-c1ccccc1. The maximum atomic E-state index is 6.61. The monoisotopic (exact) mass is 907 g/mol. The Kier molecular flexibility index (Phi) is 8.45. The molecule has 0 radical (unpaired) electrons. The fourth-order valence-electron chi connectivity index (χ4n) is 11.4. The number of hydrogen-bond donors (Lipinski definition) is 0. The van der Waals surface area contributed by atoms with Crippen LogP contribution >= 0.6 is 0 Å². The Morgan fingerprint density at radius 2 is 0.817 bits per heavy atom. The van der Waals surface area contributed by atoms with E-state index in [1.165, 1.54) is 27.1 Å². The van der Waals surface area contributed by atoms with Crippen molar-refractivity contribution >= 4 is 98.5 Å². The number of para-hydroxylation sites is 5. The van der Waals surface area contributed by atoms with Crippen molar-refractivity contribution in [2.24, 2.45) is 0 Å². The maximum Gasteiger partial charge on any atom is 0.137 e. The van der Waals surface area contributed by atoms with Crippen molar-refractivity contribution < 1.29 is 9.15 Å². The summed E-state index contributed by atoms with van der Waals surface area (Å²) in [5, 5.41) is 9.29. The smallest absolute Gasteiger partial charge is 0.137 e. The van der Waals surface area contributed by atoms with Gasteiger partial charge in [-0.1, -0.05) is 116 Å². The van der Waals surface area contributed by atoms with Gasteiger partial charge in [-0.3, -0.25) is 0 Å². The molecule has 1 aliphatic heterocycles. The van der Waals surface area contributed by atoms with Crippen LogP contribution < -0.4 is 4.74 Å². The third-order valence-electron chi connectivity index (χ3n) is 14.6. The number of hydrogen-bond acceptors (Lipinski definition) is 2. The number of benzene rings is 10. The minimum absolute atomic E-state index is 0.760. The van der Waals surface area contributed by atoms with Gasteiger partial charge in [-0.25, -0.2) is 0 Å². The summed E-state index contributed by atoms with van der Waals surface area (Å²) in [5.41, 5.74) is 18.1. The summed E-state index contributed by atoms with van der Waals surface area (Å²) in [6.07, 6.45) is 6.08. The van der Waals surface area contributed by atoms with Gasteiger partial charge in [-0.05, 0) is 137 Å². The average molecular weight is 908 g/mol. The highest BCUT2D eigenvalue weighted by Gasteiger charge is 2.22. The summed E-state index contributed by atoms with van der Waals surface area (Å²) in [5.74, 6) is 0.760. The van der Waals surface area contributed by atoms with Crippen LogP contribution in [0.2, 0.25) is 0 Å². The molecule has 15 rings (SSSR count). The highest BCUT2D eigenvalue weighted by Crippen LogP contribution is 2.44. The summed E-state index contributed by atoms with van der Waals surface area (Å²) in [6, 6.07) is 78.3. The Balaban J connectivity index is 0.889. The molecule has 71 heavy (non-hydrogen) atoms. The van der Waals surface area contributed by atoms with Gasteiger partial charge < -0.3 is 22.9 Å². The van der Waals surface area contributed by atoms with E-state index in [0.29, 0.717) is 0 Å². The molecule has 4 aromatic heterocycles. The van der Waals surface area contributed by atoms with Crippen LogP contribution in [0.4, 0.5) is 0 Å². The van der Waals surface area contributed by atoms with Gasteiger partial charge in [0.15, 0.2) is 0 Å². The number of rotatable bonds is 5. The molecule has 0 bridgehead atoms. The molecule has 5 nitrogen and oxygen atoms in total. The molecule has 0 amide bonds. The van der Waals surface area contributed by atoms with Gasteiger partial charge in [-0.15, -0.1) is 0 Å². The Hall–Kier alpha value is -9.58. The third kappa shape index (κ3) is 6.00. The number of aromatic nitrogens is 3. The van der Waals surface area contributed by atoms with Crippen molar-refractivity contribution in [2.75, 3.05) is 0 Å². The molecule has 0 fully saturated rings. The summed E-state index contributed by atoms with van der Waals surface area (Å²) in [7, 11) is 0. The van der Waals surface area contributed by atoms with E-state index in [1.807, 2.05) is 18.4 Å². The van der Waals surface area contributed by atoms with E-state index in [9.17, 15) is 0 Å². The average Bonchev–Trinajstić information content (AvgIpc) is 4.15. The van der Waals surface area contributed by atoms with Gasteiger partial charge in [-0.2, -0.15) is 0 Å². The van der Waals surface area contributed by atoms with Gasteiger partial charge in [0.25, 0.3) is 0 Å². The number of furan rings is 1. The molecular formula is C66H41N3O2. The van der Waals surface area contributed by atoms with Crippen molar-refractivity contribution in [3.8, 4) is 33.9 Å². The second kappa shape index (κ2) is 15.2. The molecule has 0 saturated heterocycles. The number of nitrogens with zero attached hydrogens (tertiary/aromatic N) is 3. The van der Waals surface area contributed by atoms with Crippen molar-refractivity contribution in [1.82, 2.24) is 13.7 Å². The second-order valence-electron chi connectivity index (χ2n) is 18.6. The lowest BCUT2D eigenvalue weighted by Crippen LogP contribution is -1.97. The van der Waals surface area contributed by atoms with E-state index in [2.05, 4.69) is 232 Å². The predicted octanol–water partition coefficient (Wildman–Crippen LogP) is 17.5. The van der Waals surface area contributed by atoms with Crippen LogP contribution in [-0.4, -0.2) is 13.7 Å². The second-order valence-corrected chi connectivity index (χ2v) is 18.6. The number of fused-ring (bicyclic) bond motifs is 13. The Bertz CT molecular complexity index is 4600. The summed E-state index contributed by atoms with van der Waals surface area (Å²) >= 11 is 0. The van der Waals surface area contributed by atoms with E-state index in [4.69, 9.17) is 15.7 Å². The van der Waals surface area contributed by atoms with Gasteiger partial charge in [0.2, 0.25) is 0 Å². The van der Waals surface area contributed by atoms with Gasteiger partial charge in [0, 0.05) is 77.8 Å². The van der Waals surface area contributed by atoms with E-state index in [0.717, 1.165) is 117 Å². The highest BCUT2D eigenvalue weighted by molar-refractivity contribution is 6.19. The first-order valence-corrected chi connectivity index (χ1v) is 24.1. The van der Waals surface area contributed by atoms with Crippen LogP contribution in [0.15, 0.2) is 248 Å². The highest BCUT2D eigenvalue weighted by atomic mass is 16.5. The molecule has 0 atom stereocenters. The number of allylic oxidation sites excluding steroid dienone is 4. The van der Waals surface area contributed by atoms with E-state index >= 15 is 0 Å². The first kappa shape index (κ1) is 39.4. The fourth-order valence-corrected chi connectivity index (χ4v) is 11.4. The molecule has 5 heterocycles. The first-order valence-electron chi connectivity index (χ1n) is 24.1. The maximum absolute atomic E-state index is 6.61. The van der Waals surface area contributed by atoms with Crippen LogP contribution in [0, 0.1) is 0 Å². The van der Waals surface area contributed by atoms with Crippen LogP contribution in [0.25, 0.3) is 127 Å². The van der Waals surface area contributed by atoms with Gasteiger partial charge in [0.1, 0.15) is 16.9 Å². The van der Waals surface area contributed by atoms with Crippen LogP contribution in [0.5, 0.6) is 5.75 Å². The molecule has 14 aromatic rings. The Morgan fingerprint density at radius 1 is 0.338 bits per heavy atom. The molecule has 0 unspecified atom stereocenters. The molecule has 0 N–H and O–H groups in total. The molecule has 0 spiro atoms. The molecule has 0 saturated carbocycles. The lowest BCUT2D eigenvalue weighted by atomic mass is 9.95. The van der Waals surface area contributed by atoms with Crippen LogP contribution in [0.3, 0.4) is 0 Å². The zero-order valence-electron chi connectivity index (χ0n) is 38.4. The standard InChI is InChI=1S/C66H41N3O2/c1-41-33-45(44-27-28-59-52(34-44)49-21-11-13-23-58(49)67(59)46-15-5-2-6-16-46)31-32-70-65-39-62-55(37-51(41)65)53-35-42(25-29-60(53)68(62)47-17-7-3-8-18-47)43-26-30-61-54(36-43)56-38-57-50-22-12-14-24-64(50)71-66(57)40-63(56)69(61)48-19-9-4-10-20-48/h2-40H,1H2/b32-31-,45-33+. The lowest BCUT2D eigenvalue weighted by Gasteiger charge is -2.15. The van der Waals surface area contributed by atoms with Gasteiger partial charge >= 0.3 is 0 Å². The Labute approximate surface area is 407 Å². The van der Waals surface area contributed by atoms with Crippen molar-refractivity contribution in [2.45, 2.75) is 0 Å². The lowest BCUT2D eigenvalue weighted by molar-refractivity contribution is 0.480. The van der Waals surface area contributed by atoms with Crippen molar-refractivity contribution in [3.63, 3.8) is 0 Å². The number of ether oxygens (including phenoxy) is 1. The predicted molar refractivity (Wildman–Crippen MR) is 295 cm³/mol. The Morgan fingerprint density at radius 3 is 1.46 bits per heavy atom. The molecule has 10 aromatic carbocycles. The van der Waals surface area contributed by atoms with Gasteiger partial charge in [0.05, 0.1) is 39.4 Å². The topological polar surface area (TPSA) is 37.2 Å². The van der Waals surface area contributed by atoms with Crippen LogP contribution in [-0.2, 0) is 0 Å². The van der Waals surface area contributed by atoms with Crippen LogP contribution in [0.1, 0.15) is 11.1 Å². The zero-order chi connectivity index (χ0) is 46.7. The third-order valence-corrected chi connectivity index (χ3v) is 14.6. The normalized spacial score (nSPS) is 14.1. The minimum atomic E-state index is 0.760.